The SMILES string of the molecule is CCNC(=NCc1ncc(C)c(OC)c1C)NCC1(CCO)CCOC1.I. The molecule has 0 aromatic carbocycles. The van der Waals surface area contributed by atoms with E-state index in [1.807, 2.05) is 27.0 Å². The molecule has 3 N–H and O–H groups in total. The highest BCUT2D eigenvalue weighted by atomic mass is 127. The van der Waals surface area contributed by atoms with E-state index in [0.29, 0.717) is 13.2 Å². The fraction of sp³-hybridized carbons (Fsp3) is 0.684. The molecule has 1 aliphatic rings. The highest BCUT2D eigenvalue weighted by Crippen LogP contribution is 2.31. The van der Waals surface area contributed by atoms with Gasteiger partial charge in [0, 0.05) is 49.0 Å². The second-order valence-corrected chi connectivity index (χ2v) is 6.87. The van der Waals surface area contributed by atoms with Crippen LogP contribution in [0.3, 0.4) is 0 Å². The lowest BCUT2D eigenvalue weighted by Crippen LogP contribution is -2.44. The van der Waals surface area contributed by atoms with E-state index in [1.54, 1.807) is 7.11 Å². The summed E-state index contributed by atoms with van der Waals surface area (Å²) in [6.45, 7) is 9.61. The molecule has 8 heteroatoms. The summed E-state index contributed by atoms with van der Waals surface area (Å²) in [6.07, 6.45) is 3.51. The summed E-state index contributed by atoms with van der Waals surface area (Å²) in [5, 5.41) is 16.0. The van der Waals surface area contributed by atoms with Crippen LogP contribution in [-0.4, -0.2) is 56.1 Å². The van der Waals surface area contributed by atoms with Gasteiger partial charge in [-0.05, 0) is 33.6 Å². The van der Waals surface area contributed by atoms with Gasteiger partial charge in [-0.3, -0.25) is 4.98 Å². The molecule has 0 saturated carbocycles. The number of rotatable bonds is 8. The number of hydrogen-bond acceptors (Lipinski definition) is 5. The van der Waals surface area contributed by atoms with Crippen molar-refractivity contribution in [2.24, 2.45) is 10.4 Å². The van der Waals surface area contributed by atoms with Gasteiger partial charge < -0.3 is 25.2 Å². The second-order valence-electron chi connectivity index (χ2n) is 6.87. The number of halogens is 1. The summed E-state index contributed by atoms with van der Waals surface area (Å²) < 4.78 is 11.0. The lowest BCUT2D eigenvalue weighted by Gasteiger charge is -2.27. The van der Waals surface area contributed by atoms with E-state index in [9.17, 15) is 5.11 Å². The van der Waals surface area contributed by atoms with Gasteiger partial charge in [-0.1, -0.05) is 0 Å². The first kappa shape index (κ1) is 23.9. The largest absolute Gasteiger partial charge is 0.496 e. The Morgan fingerprint density at radius 3 is 2.78 bits per heavy atom. The number of nitrogens with zero attached hydrogens (tertiary/aromatic N) is 2. The molecule has 2 rings (SSSR count). The van der Waals surface area contributed by atoms with Crippen LogP contribution in [0, 0.1) is 19.3 Å². The summed E-state index contributed by atoms with van der Waals surface area (Å²) in [7, 11) is 1.68. The Morgan fingerprint density at radius 1 is 1.41 bits per heavy atom. The van der Waals surface area contributed by atoms with Crippen LogP contribution in [0.4, 0.5) is 0 Å². The zero-order valence-electron chi connectivity index (χ0n) is 16.8. The zero-order chi connectivity index (χ0) is 19.0. The average Bonchev–Trinajstić information content (AvgIpc) is 3.08. The molecule has 1 aliphatic heterocycles. The van der Waals surface area contributed by atoms with Gasteiger partial charge >= 0.3 is 0 Å². The minimum absolute atomic E-state index is 0. The Balaban J connectivity index is 0.00000364. The van der Waals surface area contributed by atoms with Crippen molar-refractivity contribution in [1.82, 2.24) is 15.6 Å². The number of aryl methyl sites for hydroxylation is 1. The molecule has 2 heterocycles. The van der Waals surface area contributed by atoms with Gasteiger partial charge in [0.25, 0.3) is 0 Å². The van der Waals surface area contributed by atoms with Crippen LogP contribution in [0.2, 0.25) is 0 Å². The van der Waals surface area contributed by atoms with E-state index >= 15 is 0 Å². The number of hydrogen-bond donors (Lipinski definition) is 3. The first-order valence-electron chi connectivity index (χ1n) is 9.25. The Kier molecular flexibility index (Phi) is 10.3. The molecule has 1 unspecified atom stereocenters. The molecule has 27 heavy (non-hydrogen) atoms. The zero-order valence-corrected chi connectivity index (χ0v) is 19.1. The van der Waals surface area contributed by atoms with Crippen molar-refractivity contribution >= 4 is 29.9 Å². The first-order valence-corrected chi connectivity index (χ1v) is 9.25. The number of aromatic nitrogens is 1. The highest BCUT2D eigenvalue weighted by molar-refractivity contribution is 14.0. The van der Waals surface area contributed by atoms with Gasteiger partial charge in [0.05, 0.1) is 26.0 Å². The summed E-state index contributed by atoms with van der Waals surface area (Å²) in [5.74, 6) is 1.62. The molecular formula is C19H33IN4O3. The Hall–Kier alpha value is -1.13. The topological polar surface area (TPSA) is 88.0 Å². The number of aliphatic imine (C=N–C) groups is 1. The van der Waals surface area contributed by atoms with E-state index in [0.717, 1.165) is 61.1 Å². The molecule has 0 radical (unpaired) electrons. The molecule has 0 aliphatic carbocycles. The lowest BCUT2D eigenvalue weighted by atomic mass is 9.84. The molecule has 0 spiro atoms. The molecule has 1 fully saturated rings. The smallest absolute Gasteiger partial charge is 0.191 e. The predicted molar refractivity (Wildman–Crippen MR) is 118 cm³/mol. The monoisotopic (exact) mass is 492 g/mol. The summed E-state index contributed by atoms with van der Waals surface area (Å²) >= 11 is 0. The van der Waals surface area contributed by atoms with Gasteiger partial charge in [-0.25, -0.2) is 4.99 Å². The maximum atomic E-state index is 9.37. The van der Waals surface area contributed by atoms with Crippen LogP contribution in [0.5, 0.6) is 5.75 Å². The van der Waals surface area contributed by atoms with Crippen LogP contribution in [0.1, 0.15) is 36.6 Å². The molecule has 1 atom stereocenters. The van der Waals surface area contributed by atoms with Gasteiger partial charge in [0.2, 0.25) is 0 Å². The minimum Gasteiger partial charge on any atom is -0.496 e. The van der Waals surface area contributed by atoms with E-state index in [2.05, 4.69) is 20.6 Å². The van der Waals surface area contributed by atoms with Crippen LogP contribution in [-0.2, 0) is 11.3 Å². The molecule has 0 bridgehead atoms. The number of nitrogens with one attached hydrogen (secondary N) is 2. The van der Waals surface area contributed by atoms with E-state index in [4.69, 9.17) is 9.47 Å². The number of methoxy groups -OCH3 is 1. The molecule has 1 saturated heterocycles. The molecule has 0 amide bonds. The second kappa shape index (κ2) is 11.7. The molecule has 1 aromatic rings. The Bertz CT molecular complexity index is 619. The highest BCUT2D eigenvalue weighted by Gasteiger charge is 2.34. The van der Waals surface area contributed by atoms with E-state index in [-0.39, 0.29) is 36.0 Å². The van der Waals surface area contributed by atoms with E-state index < -0.39 is 0 Å². The number of pyridine rings is 1. The van der Waals surface area contributed by atoms with Crippen LogP contribution >= 0.6 is 24.0 Å². The number of aliphatic hydroxyl groups is 1. The Morgan fingerprint density at radius 2 is 2.19 bits per heavy atom. The number of ether oxygens (including phenoxy) is 2. The van der Waals surface area contributed by atoms with Crippen molar-refractivity contribution < 1.29 is 14.6 Å². The fourth-order valence-electron chi connectivity index (χ4n) is 3.31. The van der Waals surface area contributed by atoms with Crippen LogP contribution < -0.4 is 15.4 Å². The predicted octanol–water partition coefficient (Wildman–Crippen LogP) is 2.17. The lowest BCUT2D eigenvalue weighted by molar-refractivity contribution is 0.127. The maximum absolute atomic E-state index is 9.37. The van der Waals surface area contributed by atoms with Crippen LogP contribution in [0.15, 0.2) is 11.2 Å². The molecule has 7 nitrogen and oxygen atoms in total. The minimum atomic E-state index is -0.0216. The third-order valence-electron chi connectivity index (χ3n) is 4.94. The van der Waals surface area contributed by atoms with Crippen molar-refractivity contribution in [1.29, 1.82) is 0 Å². The molecule has 1 aromatic heterocycles. The summed E-state index contributed by atoms with van der Waals surface area (Å²) in [5.41, 5.74) is 2.92. The molecular weight excluding hydrogens is 459 g/mol. The van der Waals surface area contributed by atoms with Crippen molar-refractivity contribution in [3.05, 3.63) is 23.0 Å². The van der Waals surface area contributed by atoms with Crippen LogP contribution in [0.25, 0.3) is 0 Å². The quantitative estimate of drug-likeness (QED) is 0.293. The third kappa shape index (κ3) is 6.46. The summed E-state index contributed by atoms with van der Waals surface area (Å²) in [4.78, 5) is 9.18. The molecule has 154 valence electrons. The fourth-order valence-corrected chi connectivity index (χ4v) is 3.31. The average molecular weight is 492 g/mol. The number of aliphatic hydroxyl groups excluding tert-OH is 1. The van der Waals surface area contributed by atoms with Crippen molar-refractivity contribution in [3.63, 3.8) is 0 Å². The standard InChI is InChI=1S/C19H32N4O3.HI/c1-5-20-18(23-12-19(6-8-24)7-9-26-13-19)22-11-16-15(3)17(25-4)14(2)10-21-16;/h10,24H,5-9,11-13H2,1-4H3,(H2,20,22,23);1H. The van der Waals surface area contributed by atoms with Gasteiger partial charge in [0.1, 0.15) is 5.75 Å². The Labute approximate surface area is 179 Å². The first-order chi connectivity index (χ1) is 12.5. The third-order valence-corrected chi connectivity index (χ3v) is 4.94. The normalized spacial score (nSPS) is 19.5. The van der Waals surface area contributed by atoms with Gasteiger partial charge in [0.15, 0.2) is 5.96 Å². The number of guanidine groups is 1. The van der Waals surface area contributed by atoms with Crippen molar-refractivity contribution in [2.75, 3.05) is 40.0 Å². The van der Waals surface area contributed by atoms with Gasteiger partial charge in [-0.15, -0.1) is 24.0 Å². The van der Waals surface area contributed by atoms with Crippen molar-refractivity contribution in [2.45, 2.75) is 40.2 Å². The summed E-state index contributed by atoms with van der Waals surface area (Å²) in [6, 6.07) is 0. The van der Waals surface area contributed by atoms with E-state index in [1.165, 1.54) is 0 Å². The van der Waals surface area contributed by atoms with Gasteiger partial charge in [-0.2, -0.15) is 0 Å². The maximum Gasteiger partial charge on any atom is 0.191 e. The van der Waals surface area contributed by atoms with Crippen molar-refractivity contribution in [3.8, 4) is 5.75 Å².